The van der Waals surface area contributed by atoms with Crippen molar-refractivity contribution in [3.8, 4) is 0 Å². The number of carboxylic acids is 1. The molecule has 0 aromatic carbocycles. The van der Waals surface area contributed by atoms with Crippen LogP contribution in [0.25, 0.3) is 0 Å². The Bertz CT molecular complexity index is 290. The minimum atomic E-state index is -1.12. The molecule has 0 heterocycles. The first-order valence-electron chi connectivity index (χ1n) is 4.58. The van der Waals surface area contributed by atoms with E-state index < -0.39 is 24.3 Å². The molecule has 0 saturated carbocycles. The predicted molar refractivity (Wildman–Crippen MR) is 56.5 cm³/mol. The molecule has 16 heavy (non-hydrogen) atoms. The van der Waals surface area contributed by atoms with Crippen molar-refractivity contribution in [3.63, 3.8) is 0 Å². The van der Waals surface area contributed by atoms with Gasteiger partial charge in [0.25, 0.3) is 0 Å². The van der Waals surface area contributed by atoms with Crippen molar-refractivity contribution in [3.05, 3.63) is 12.7 Å². The van der Waals surface area contributed by atoms with E-state index in [-0.39, 0.29) is 19.6 Å². The number of amides is 2. The third-order valence-electron chi connectivity index (χ3n) is 1.65. The summed E-state index contributed by atoms with van der Waals surface area (Å²) >= 11 is 0. The first-order valence-corrected chi connectivity index (χ1v) is 4.58. The highest BCUT2D eigenvalue weighted by Crippen LogP contribution is 1.90. The molecule has 0 atom stereocenters. The summed E-state index contributed by atoms with van der Waals surface area (Å²) in [5.74, 6) is -2.09. The molecule has 0 rings (SSSR count). The van der Waals surface area contributed by atoms with Crippen LogP contribution in [0.15, 0.2) is 12.7 Å². The molecular formula is C9H15N3O4. The van der Waals surface area contributed by atoms with Gasteiger partial charge in [-0.05, 0) is 0 Å². The lowest BCUT2D eigenvalue weighted by Gasteiger charge is -2.18. The van der Waals surface area contributed by atoms with E-state index in [4.69, 9.17) is 10.8 Å². The van der Waals surface area contributed by atoms with Crippen LogP contribution in [-0.2, 0) is 14.4 Å². The van der Waals surface area contributed by atoms with Crippen LogP contribution in [0.1, 0.15) is 0 Å². The van der Waals surface area contributed by atoms with Crippen molar-refractivity contribution in [2.45, 2.75) is 0 Å². The Morgan fingerprint density at radius 2 is 2.06 bits per heavy atom. The highest BCUT2D eigenvalue weighted by Gasteiger charge is 2.15. The zero-order chi connectivity index (χ0) is 12.6. The van der Waals surface area contributed by atoms with Gasteiger partial charge in [0.1, 0.15) is 6.54 Å². The second-order valence-corrected chi connectivity index (χ2v) is 2.94. The van der Waals surface area contributed by atoms with Gasteiger partial charge in [0.2, 0.25) is 11.8 Å². The van der Waals surface area contributed by atoms with Crippen LogP contribution in [0.4, 0.5) is 0 Å². The van der Waals surface area contributed by atoms with Gasteiger partial charge in [-0.25, -0.2) is 0 Å². The summed E-state index contributed by atoms with van der Waals surface area (Å²) in [5.41, 5.74) is 5.03. The molecule has 0 aliphatic carbocycles. The molecule has 0 aromatic heterocycles. The van der Waals surface area contributed by atoms with Gasteiger partial charge in [0, 0.05) is 6.54 Å². The van der Waals surface area contributed by atoms with E-state index in [1.807, 2.05) is 0 Å². The third-order valence-corrected chi connectivity index (χ3v) is 1.65. The van der Waals surface area contributed by atoms with E-state index in [9.17, 15) is 14.4 Å². The Balaban J connectivity index is 4.21. The summed E-state index contributed by atoms with van der Waals surface area (Å²) in [4.78, 5) is 33.7. The fourth-order valence-corrected chi connectivity index (χ4v) is 0.932. The van der Waals surface area contributed by atoms with Gasteiger partial charge < -0.3 is 21.1 Å². The molecule has 90 valence electrons. The van der Waals surface area contributed by atoms with Crippen molar-refractivity contribution < 1.29 is 19.5 Å². The summed E-state index contributed by atoms with van der Waals surface area (Å²) < 4.78 is 0. The minimum Gasteiger partial charge on any atom is -0.480 e. The molecule has 2 amide bonds. The number of carbonyl (C=O) groups excluding carboxylic acids is 2. The van der Waals surface area contributed by atoms with E-state index in [2.05, 4.69) is 11.9 Å². The Morgan fingerprint density at radius 3 is 2.50 bits per heavy atom. The number of rotatable bonds is 7. The Morgan fingerprint density at radius 1 is 1.44 bits per heavy atom. The quantitative estimate of drug-likeness (QED) is 0.444. The summed E-state index contributed by atoms with van der Waals surface area (Å²) in [5, 5.41) is 10.8. The molecule has 7 heteroatoms. The topological polar surface area (TPSA) is 113 Å². The standard InChI is InChI=1S/C9H15N3O4/c1-2-3-12(6-9(15)16)8(14)5-11-7(13)4-10/h2H,1,3-6,10H2,(H,11,13)(H,15,16). The average molecular weight is 229 g/mol. The number of hydrogen-bond donors (Lipinski definition) is 3. The Labute approximate surface area is 92.9 Å². The largest absolute Gasteiger partial charge is 0.480 e. The van der Waals surface area contributed by atoms with Gasteiger partial charge in [-0.15, -0.1) is 6.58 Å². The first-order chi connectivity index (χ1) is 7.51. The molecule has 4 N–H and O–H groups in total. The highest BCUT2D eigenvalue weighted by atomic mass is 16.4. The van der Waals surface area contributed by atoms with E-state index in [0.29, 0.717) is 0 Å². The SMILES string of the molecule is C=CCN(CC(=O)O)C(=O)CNC(=O)CN. The van der Waals surface area contributed by atoms with Gasteiger partial charge in [-0.1, -0.05) is 6.08 Å². The molecule has 0 aliphatic rings. The van der Waals surface area contributed by atoms with Crippen LogP contribution in [0.2, 0.25) is 0 Å². The van der Waals surface area contributed by atoms with E-state index in [0.717, 1.165) is 4.90 Å². The molecular weight excluding hydrogens is 214 g/mol. The van der Waals surface area contributed by atoms with Crippen LogP contribution in [-0.4, -0.2) is 54.0 Å². The maximum atomic E-state index is 11.4. The van der Waals surface area contributed by atoms with Crippen LogP contribution in [0.3, 0.4) is 0 Å². The fraction of sp³-hybridized carbons (Fsp3) is 0.444. The normalized spacial score (nSPS) is 9.31. The van der Waals surface area contributed by atoms with Gasteiger partial charge in [0.15, 0.2) is 0 Å². The predicted octanol–water partition coefficient (Wildman–Crippen LogP) is -1.84. The minimum absolute atomic E-state index is 0.115. The molecule has 0 aliphatic heterocycles. The smallest absolute Gasteiger partial charge is 0.323 e. The van der Waals surface area contributed by atoms with Crippen molar-refractivity contribution in [1.82, 2.24) is 10.2 Å². The zero-order valence-corrected chi connectivity index (χ0v) is 8.81. The summed E-state index contributed by atoms with van der Waals surface area (Å²) in [7, 11) is 0. The lowest BCUT2D eigenvalue weighted by molar-refractivity contribution is -0.143. The summed E-state index contributed by atoms with van der Waals surface area (Å²) in [6, 6.07) is 0. The lowest BCUT2D eigenvalue weighted by Crippen LogP contribution is -2.43. The summed E-state index contributed by atoms with van der Waals surface area (Å²) in [6.45, 7) is 2.61. The molecule has 0 spiro atoms. The number of hydrogen-bond acceptors (Lipinski definition) is 4. The molecule has 0 fully saturated rings. The molecule has 7 nitrogen and oxygen atoms in total. The van der Waals surface area contributed by atoms with Crippen molar-refractivity contribution in [1.29, 1.82) is 0 Å². The van der Waals surface area contributed by atoms with Gasteiger partial charge in [0.05, 0.1) is 13.1 Å². The van der Waals surface area contributed by atoms with Crippen LogP contribution < -0.4 is 11.1 Å². The highest BCUT2D eigenvalue weighted by molar-refractivity contribution is 5.87. The van der Waals surface area contributed by atoms with E-state index >= 15 is 0 Å². The number of aliphatic carboxylic acids is 1. The number of nitrogens with zero attached hydrogens (tertiary/aromatic N) is 1. The van der Waals surface area contributed by atoms with Crippen LogP contribution >= 0.6 is 0 Å². The van der Waals surface area contributed by atoms with E-state index in [1.165, 1.54) is 6.08 Å². The molecule has 0 radical (unpaired) electrons. The Kier molecular flexibility index (Phi) is 6.53. The number of carboxylic acid groups (broad SMARTS) is 1. The third kappa shape index (κ3) is 5.76. The average Bonchev–Trinajstić information content (AvgIpc) is 2.24. The van der Waals surface area contributed by atoms with Crippen molar-refractivity contribution in [2.75, 3.05) is 26.2 Å². The lowest BCUT2D eigenvalue weighted by atomic mass is 10.4. The number of nitrogens with two attached hydrogens (primary N) is 1. The van der Waals surface area contributed by atoms with Gasteiger partial charge in [-0.3, -0.25) is 14.4 Å². The molecule has 0 aromatic rings. The molecule has 0 unspecified atom stereocenters. The zero-order valence-electron chi connectivity index (χ0n) is 8.81. The monoisotopic (exact) mass is 229 g/mol. The molecule has 0 saturated heterocycles. The second-order valence-electron chi connectivity index (χ2n) is 2.94. The second kappa shape index (κ2) is 7.41. The maximum absolute atomic E-state index is 11.4. The van der Waals surface area contributed by atoms with Gasteiger partial charge in [-0.2, -0.15) is 0 Å². The van der Waals surface area contributed by atoms with Crippen LogP contribution in [0.5, 0.6) is 0 Å². The van der Waals surface area contributed by atoms with Crippen LogP contribution in [0, 0.1) is 0 Å². The van der Waals surface area contributed by atoms with Crippen molar-refractivity contribution in [2.24, 2.45) is 5.73 Å². The molecule has 0 bridgehead atoms. The van der Waals surface area contributed by atoms with Gasteiger partial charge >= 0.3 is 5.97 Å². The first kappa shape index (κ1) is 14.1. The van der Waals surface area contributed by atoms with E-state index in [1.54, 1.807) is 0 Å². The fourth-order valence-electron chi connectivity index (χ4n) is 0.932. The summed E-state index contributed by atoms with van der Waals surface area (Å²) in [6.07, 6.45) is 1.41. The maximum Gasteiger partial charge on any atom is 0.323 e. The Hall–Kier alpha value is -1.89. The number of nitrogens with one attached hydrogen (secondary N) is 1. The van der Waals surface area contributed by atoms with Crippen molar-refractivity contribution >= 4 is 17.8 Å². The number of carbonyl (C=O) groups is 3.